The van der Waals surface area contributed by atoms with E-state index >= 15 is 0 Å². The van der Waals surface area contributed by atoms with E-state index in [2.05, 4.69) is 34.8 Å². The summed E-state index contributed by atoms with van der Waals surface area (Å²) in [5, 5.41) is 0. The third kappa shape index (κ3) is 2.97. The van der Waals surface area contributed by atoms with Crippen LogP contribution in [0.15, 0.2) is 10.7 Å². The van der Waals surface area contributed by atoms with Crippen LogP contribution in [0.3, 0.4) is 0 Å². The number of pyridine rings is 1. The minimum Gasteiger partial charge on any atom is -0.474 e. The molecular weight excluding hydrogens is 292 g/mol. The molecule has 1 saturated carbocycles. The van der Waals surface area contributed by atoms with Crippen molar-refractivity contribution >= 4 is 21.6 Å². The zero-order valence-corrected chi connectivity index (χ0v) is 12.8. The highest BCUT2D eigenvalue weighted by molar-refractivity contribution is 9.10. The van der Waals surface area contributed by atoms with Crippen molar-refractivity contribution in [1.29, 1.82) is 0 Å². The first-order valence-electron chi connectivity index (χ1n) is 6.54. The highest BCUT2D eigenvalue weighted by Gasteiger charge is 2.26. The first-order valence-corrected chi connectivity index (χ1v) is 7.34. The van der Waals surface area contributed by atoms with Crippen molar-refractivity contribution in [3.05, 3.63) is 16.2 Å². The van der Waals surface area contributed by atoms with E-state index in [9.17, 15) is 0 Å². The summed E-state index contributed by atoms with van der Waals surface area (Å²) in [5.41, 5.74) is 7.51. The summed E-state index contributed by atoms with van der Waals surface area (Å²) in [5.74, 6) is 2.13. The van der Waals surface area contributed by atoms with Crippen LogP contribution in [-0.4, -0.2) is 11.1 Å². The molecule has 2 unspecified atom stereocenters. The second kappa shape index (κ2) is 5.47. The van der Waals surface area contributed by atoms with Crippen LogP contribution < -0.4 is 10.5 Å². The molecule has 2 atom stereocenters. The largest absolute Gasteiger partial charge is 0.474 e. The Kier molecular flexibility index (Phi) is 4.15. The Bertz CT molecular complexity index is 426. The Morgan fingerprint density at radius 2 is 1.89 bits per heavy atom. The van der Waals surface area contributed by atoms with Gasteiger partial charge in [-0.05, 0) is 59.5 Å². The van der Waals surface area contributed by atoms with Gasteiger partial charge in [-0.25, -0.2) is 4.98 Å². The van der Waals surface area contributed by atoms with E-state index in [0.29, 0.717) is 11.6 Å². The van der Waals surface area contributed by atoms with Gasteiger partial charge in [0.1, 0.15) is 6.10 Å². The normalized spacial score (nSPS) is 28.1. The predicted molar refractivity (Wildman–Crippen MR) is 77.7 cm³/mol. The summed E-state index contributed by atoms with van der Waals surface area (Å²) in [6, 6.07) is 0. The number of ether oxygens (including phenoxy) is 1. The maximum Gasteiger partial charge on any atom is 0.228 e. The highest BCUT2D eigenvalue weighted by atomic mass is 79.9. The third-order valence-corrected chi connectivity index (χ3v) is 4.62. The molecule has 1 aliphatic rings. The fraction of sp³-hybridized carbons (Fsp3) is 0.643. The van der Waals surface area contributed by atoms with Crippen molar-refractivity contribution < 1.29 is 4.74 Å². The molecule has 0 aliphatic heterocycles. The monoisotopic (exact) mass is 312 g/mol. The van der Waals surface area contributed by atoms with E-state index in [1.807, 2.05) is 6.92 Å². The van der Waals surface area contributed by atoms with Crippen molar-refractivity contribution in [1.82, 2.24) is 4.98 Å². The summed E-state index contributed by atoms with van der Waals surface area (Å²) in [6.45, 7) is 6.56. The van der Waals surface area contributed by atoms with Crippen LogP contribution in [0, 0.1) is 18.8 Å². The van der Waals surface area contributed by atoms with Crippen LogP contribution >= 0.6 is 15.9 Å². The number of nitrogens with zero attached hydrogens (tertiary/aromatic N) is 1. The Labute approximate surface area is 117 Å². The van der Waals surface area contributed by atoms with Crippen molar-refractivity contribution in [3.63, 3.8) is 0 Å². The second-order valence-corrected chi connectivity index (χ2v) is 6.41. The van der Waals surface area contributed by atoms with Crippen LogP contribution in [0.4, 0.5) is 5.69 Å². The van der Waals surface area contributed by atoms with Crippen LogP contribution in [0.1, 0.15) is 38.7 Å². The molecule has 0 spiro atoms. The molecule has 0 radical (unpaired) electrons. The lowest BCUT2D eigenvalue weighted by Gasteiger charge is -2.31. The fourth-order valence-electron chi connectivity index (χ4n) is 2.78. The SMILES string of the molecule is Cc1c(N)cnc(OC2CC(C)CC(C)C2)c1Br. The average molecular weight is 313 g/mol. The minimum atomic E-state index is 0.274. The number of hydrogen-bond donors (Lipinski definition) is 1. The van der Waals surface area contributed by atoms with E-state index in [1.54, 1.807) is 6.20 Å². The molecule has 1 aromatic rings. The molecule has 100 valence electrons. The van der Waals surface area contributed by atoms with Gasteiger partial charge in [-0.15, -0.1) is 0 Å². The standard InChI is InChI=1S/C14H21BrN2O/c1-8-4-9(2)6-11(5-8)18-14-13(15)10(3)12(16)7-17-14/h7-9,11H,4-6,16H2,1-3H3. The van der Waals surface area contributed by atoms with Crippen LogP contribution in [0.2, 0.25) is 0 Å². The quantitative estimate of drug-likeness (QED) is 0.899. The maximum atomic E-state index is 6.05. The number of aromatic nitrogens is 1. The molecule has 0 aromatic carbocycles. The molecule has 3 nitrogen and oxygen atoms in total. The Morgan fingerprint density at radius 1 is 1.28 bits per heavy atom. The van der Waals surface area contributed by atoms with Gasteiger partial charge in [-0.2, -0.15) is 0 Å². The lowest BCUT2D eigenvalue weighted by atomic mass is 9.82. The molecule has 0 saturated heterocycles. The van der Waals surface area contributed by atoms with Gasteiger partial charge in [0.25, 0.3) is 0 Å². The third-order valence-electron chi connectivity index (χ3n) is 3.68. The number of rotatable bonds is 2. The van der Waals surface area contributed by atoms with E-state index in [0.717, 1.165) is 34.7 Å². The molecule has 18 heavy (non-hydrogen) atoms. The number of halogens is 1. The van der Waals surface area contributed by atoms with Crippen molar-refractivity contribution in [2.75, 3.05) is 5.73 Å². The molecule has 1 aromatic heterocycles. The topological polar surface area (TPSA) is 48.1 Å². The van der Waals surface area contributed by atoms with Crippen molar-refractivity contribution in [2.24, 2.45) is 11.8 Å². The fourth-order valence-corrected chi connectivity index (χ4v) is 3.20. The van der Waals surface area contributed by atoms with E-state index in [-0.39, 0.29) is 6.10 Å². The van der Waals surface area contributed by atoms with E-state index in [4.69, 9.17) is 10.5 Å². The molecule has 0 bridgehead atoms. The predicted octanol–water partition coefficient (Wildman–Crippen LogP) is 3.94. The van der Waals surface area contributed by atoms with Gasteiger partial charge in [0.05, 0.1) is 16.4 Å². The zero-order valence-electron chi connectivity index (χ0n) is 11.2. The van der Waals surface area contributed by atoms with Crippen LogP contribution in [-0.2, 0) is 0 Å². The van der Waals surface area contributed by atoms with E-state index < -0.39 is 0 Å². The Morgan fingerprint density at radius 3 is 2.50 bits per heavy atom. The van der Waals surface area contributed by atoms with Gasteiger partial charge >= 0.3 is 0 Å². The first kappa shape index (κ1) is 13.7. The summed E-state index contributed by atoms with van der Waals surface area (Å²) in [7, 11) is 0. The highest BCUT2D eigenvalue weighted by Crippen LogP contribution is 2.34. The van der Waals surface area contributed by atoms with Gasteiger partial charge in [0.15, 0.2) is 0 Å². The van der Waals surface area contributed by atoms with Crippen LogP contribution in [0.5, 0.6) is 5.88 Å². The molecule has 0 amide bonds. The summed E-state index contributed by atoms with van der Waals surface area (Å²) < 4.78 is 6.93. The minimum absolute atomic E-state index is 0.274. The van der Waals surface area contributed by atoms with Gasteiger partial charge in [-0.1, -0.05) is 13.8 Å². The summed E-state index contributed by atoms with van der Waals surface area (Å²) in [6.07, 6.45) is 5.47. The molecular formula is C14H21BrN2O. The number of anilines is 1. The van der Waals surface area contributed by atoms with Gasteiger partial charge in [-0.3, -0.25) is 0 Å². The van der Waals surface area contributed by atoms with E-state index in [1.165, 1.54) is 6.42 Å². The first-order chi connectivity index (χ1) is 8.47. The molecule has 1 heterocycles. The van der Waals surface area contributed by atoms with Gasteiger partial charge in [0, 0.05) is 0 Å². The molecule has 1 fully saturated rings. The lowest BCUT2D eigenvalue weighted by molar-refractivity contribution is 0.0959. The molecule has 1 aliphatic carbocycles. The smallest absolute Gasteiger partial charge is 0.228 e. The molecule has 4 heteroatoms. The summed E-state index contributed by atoms with van der Waals surface area (Å²) in [4.78, 5) is 4.29. The maximum absolute atomic E-state index is 6.05. The zero-order chi connectivity index (χ0) is 13.3. The Hall–Kier alpha value is -0.770. The van der Waals surface area contributed by atoms with Gasteiger partial charge < -0.3 is 10.5 Å². The lowest BCUT2D eigenvalue weighted by Crippen LogP contribution is -2.29. The number of nitrogens with two attached hydrogens (primary N) is 1. The molecule has 2 N–H and O–H groups in total. The number of nitrogen functional groups attached to an aromatic ring is 1. The van der Waals surface area contributed by atoms with Gasteiger partial charge in [0.2, 0.25) is 5.88 Å². The van der Waals surface area contributed by atoms with Crippen molar-refractivity contribution in [2.45, 2.75) is 46.1 Å². The number of hydrogen-bond acceptors (Lipinski definition) is 3. The second-order valence-electron chi connectivity index (χ2n) is 5.61. The van der Waals surface area contributed by atoms with Crippen molar-refractivity contribution in [3.8, 4) is 5.88 Å². The average Bonchev–Trinajstić information content (AvgIpc) is 2.29. The summed E-state index contributed by atoms with van der Waals surface area (Å²) >= 11 is 3.52. The molecule has 2 rings (SSSR count). The Balaban J connectivity index is 2.12. The van der Waals surface area contributed by atoms with Crippen LogP contribution in [0.25, 0.3) is 0 Å².